The number of rotatable bonds is 3. The third kappa shape index (κ3) is 3.33. The molecule has 0 aliphatic heterocycles. The van der Waals surface area contributed by atoms with Crippen molar-refractivity contribution in [3.05, 3.63) is 59.1 Å². The van der Waals surface area contributed by atoms with Crippen LogP contribution in [-0.2, 0) is 0 Å². The molecular weight excluding hydrogens is 307 g/mol. The Labute approximate surface area is 129 Å². The molecule has 0 bridgehead atoms. The highest BCUT2D eigenvalue weighted by Crippen LogP contribution is 2.27. The first kappa shape index (κ1) is 15.1. The summed E-state index contributed by atoms with van der Waals surface area (Å²) in [7, 11) is 0. The Bertz CT molecular complexity index is 888. The summed E-state index contributed by atoms with van der Waals surface area (Å²) in [6.07, 6.45) is -1.51. The Kier molecular flexibility index (Phi) is 3.77. The number of hydrogen-bond acceptors (Lipinski definition) is 3. The summed E-state index contributed by atoms with van der Waals surface area (Å²) >= 11 is 0. The van der Waals surface area contributed by atoms with E-state index in [4.69, 9.17) is 0 Å². The molecule has 0 amide bonds. The maximum absolute atomic E-state index is 12.3. The number of fused-ring (bicyclic) bond motifs is 1. The van der Waals surface area contributed by atoms with Crippen LogP contribution in [0.4, 0.5) is 19.0 Å². The summed E-state index contributed by atoms with van der Waals surface area (Å²) in [5, 5.41) is 3.09. The first-order chi connectivity index (χ1) is 10.9. The number of alkyl halides is 3. The minimum absolute atomic E-state index is 0.0672. The van der Waals surface area contributed by atoms with Gasteiger partial charge in [-0.05, 0) is 11.6 Å². The second-order valence-electron chi connectivity index (χ2n) is 4.98. The van der Waals surface area contributed by atoms with Crippen molar-refractivity contribution in [2.24, 2.45) is 0 Å². The van der Waals surface area contributed by atoms with Crippen LogP contribution in [0.3, 0.4) is 0 Å². The Morgan fingerprint density at radius 1 is 1.13 bits per heavy atom. The Morgan fingerprint density at radius 3 is 2.57 bits per heavy atom. The molecule has 0 saturated carbocycles. The van der Waals surface area contributed by atoms with Crippen molar-refractivity contribution < 1.29 is 13.2 Å². The minimum atomic E-state index is -4.34. The molecule has 7 heteroatoms. The van der Waals surface area contributed by atoms with Gasteiger partial charge in [0.2, 0.25) is 0 Å². The van der Waals surface area contributed by atoms with Gasteiger partial charge in [0.25, 0.3) is 5.56 Å². The topological polar surface area (TPSA) is 57.8 Å². The average Bonchev–Trinajstić information content (AvgIpc) is 2.53. The zero-order valence-corrected chi connectivity index (χ0v) is 11.8. The van der Waals surface area contributed by atoms with Crippen molar-refractivity contribution in [2.45, 2.75) is 6.18 Å². The molecule has 2 heterocycles. The lowest BCUT2D eigenvalue weighted by Crippen LogP contribution is -2.21. The molecule has 1 aromatic carbocycles. The van der Waals surface area contributed by atoms with Crippen molar-refractivity contribution in [1.29, 1.82) is 0 Å². The molecule has 3 aromatic rings. The maximum atomic E-state index is 12.3. The van der Waals surface area contributed by atoms with Gasteiger partial charge >= 0.3 is 6.18 Å². The van der Waals surface area contributed by atoms with Crippen LogP contribution in [0.15, 0.2) is 53.6 Å². The molecular formula is C16H12F3N3O. The summed E-state index contributed by atoms with van der Waals surface area (Å²) < 4.78 is 37.0. The summed E-state index contributed by atoms with van der Waals surface area (Å²) in [6, 6.07) is 10.7. The van der Waals surface area contributed by atoms with E-state index in [1.165, 1.54) is 12.3 Å². The zero-order valence-electron chi connectivity index (χ0n) is 11.8. The first-order valence-corrected chi connectivity index (χ1v) is 6.81. The lowest BCUT2D eigenvalue weighted by molar-refractivity contribution is -0.115. The highest BCUT2D eigenvalue weighted by atomic mass is 19.4. The molecule has 2 aromatic heterocycles. The standard InChI is InChI=1S/C16H12F3N3O/c17-16(18,19)9-22-14-6-11-12(10-4-2-1-3-5-10)7-21-15(23)13(11)8-20-14/h1-8H,9H2,(H,20,22)(H,21,23). The molecule has 0 aliphatic carbocycles. The van der Waals surface area contributed by atoms with Crippen LogP contribution in [0.5, 0.6) is 0 Å². The molecule has 0 fully saturated rings. The maximum Gasteiger partial charge on any atom is 0.405 e. The predicted molar refractivity (Wildman–Crippen MR) is 82.3 cm³/mol. The number of hydrogen-bond donors (Lipinski definition) is 2. The largest absolute Gasteiger partial charge is 0.405 e. The van der Waals surface area contributed by atoms with Gasteiger partial charge in [0.1, 0.15) is 12.4 Å². The number of H-pyrrole nitrogens is 1. The molecule has 0 unspecified atom stereocenters. The number of pyridine rings is 2. The number of aromatic amines is 1. The lowest BCUT2D eigenvalue weighted by Gasteiger charge is -2.11. The number of anilines is 1. The average molecular weight is 319 g/mol. The first-order valence-electron chi connectivity index (χ1n) is 6.81. The van der Waals surface area contributed by atoms with Gasteiger partial charge in [-0.2, -0.15) is 13.2 Å². The van der Waals surface area contributed by atoms with E-state index >= 15 is 0 Å². The van der Waals surface area contributed by atoms with Gasteiger partial charge in [-0.1, -0.05) is 30.3 Å². The molecule has 0 spiro atoms. The summed E-state index contributed by atoms with van der Waals surface area (Å²) in [5.41, 5.74) is 1.23. The summed E-state index contributed by atoms with van der Waals surface area (Å²) in [5.74, 6) is 0.0672. The molecule has 23 heavy (non-hydrogen) atoms. The van der Waals surface area contributed by atoms with Crippen LogP contribution in [0.2, 0.25) is 0 Å². The van der Waals surface area contributed by atoms with E-state index in [9.17, 15) is 18.0 Å². The van der Waals surface area contributed by atoms with Gasteiger partial charge in [-0.25, -0.2) is 4.98 Å². The third-order valence-electron chi connectivity index (χ3n) is 3.34. The van der Waals surface area contributed by atoms with E-state index in [2.05, 4.69) is 15.3 Å². The van der Waals surface area contributed by atoms with Crippen molar-refractivity contribution in [2.75, 3.05) is 11.9 Å². The SMILES string of the molecule is O=c1[nH]cc(-c2ccccc2)c2cc(NCC(F)(F)F)ncc12. The lowest BCUT2D eigenvalue weighted by atomic mass is 10.0. The van der Waals surface area contributed by atoms with Crippen LogP contribution < -0.4 is 10.9 Å². The van der Waals surface area contributed by atoms with Crippen molar-refractivity contribution in [1.82, 2.24) is 9.97 Å². The highest BCUT2D eigenvalue weighted by molar-refractivity contribution is 5.96. The number of nitrogens with one attached hydrogen (secondary N) is 2. The van der Waals surface area contributed by atoms with Crippen molar-refractivity contribution in [3.8, 4) is 11.1 Å². The number of halogens is 3. The minimum Gasteiger partial charge on any atom is -0.361 e. The van der Waals surface area contributed by atoms with E-state index in [-0.39, 0.29) is 11.4 Å². The second-order valence-corrected chi connectivity index (χ2v) is 4.98. The van der Waals surface area contributed by atoms with Crippen LogP contribution in [-0.4, -0.2) is 22.7 Å². The van der Waals surface area contributed by atoms with Crippen LogP contribution in [0.25, 0.3) is 21.9 Å². The number of benzene rings is 1. The molecule has 118 valence electrons. The molecule has 0 radical (unpaired) electrons. The quantitative estimate of drug-likeness (QED) is 0.776. The van der Waals surface area contributed by atoms with E-state index < -0.39 is 12.7 Å². The van der Waals surface area contributed by atoms with Gasteiger partial charge in [0, 0.05) is 23.3 Å². The van der Waals surface area contributed by atoms with E-state index in [1.54, 1.807) is 6.20 Å². The van der Waals surface area contributed by atoms with Crippen LogP contribution in [0.1, 0.15) is 0 Å². The van der Waals surface area contributed by atoms with Gasteiger partial charge < -0.3 is 10.3 Å². The number of aromatic nitrogens is 2. The third-order valence-corrected chi connectivity index (χ3v) is 3.34. The fourth-order valence-electron chi connectivity index (χ4n) is 2.30. The van der Waals surface area contributed by atoms with E-state index in [1.807, 2.05) is 30.3 Å². The molecule has 4 nitrogen and oxygen atoms in total. The van der Waals surface area contributed by atoms with Gasteiger partial charge in [-0.15, -0.1) is 0 Å². The Hall–Kier alpha value is -2.83. The Balaban J connectivity index is 2.11. The van der Waals surface area contributed by atoms with Crippen molar-refractivity contribution in [3.63, 3.8) is 0 Å². The van der Waals surface area contributed by atoms with Crippen LogP contribution in [0, 0.1) is 0 Å². The van der Waals surface area contributed by atoms with Gasteiger partial charge in [-0.3, -0.25) is 4.79 Å². The predicted octanol–water partition coefficient (Wildman–Crippen LogP) is 3.56. The van der Waals surface area contributed by atoms with Crippen molar-refractivity contribution >= 4 is 16.6 Å². The van der Waals surface area contributed by atoms with Gasteiger partial charge in [0.05, 0.1) is 5.39 Å². The highest BCUT2D eigenvalue weighted by Gasteiger charge is 2.26. The molecule has 0 aliphatic rings. The molecule has 0 atom stereocenters. The summed E-state index contributed by atoms with van der Waals surface area (Å²) in [4.78, 5) is 18.4. The smallest absolute Gasteiger partial charge is 0.361 e. The molecule has 3 rings (SSSR count). The normalized spacial score (nSPS) is 11.6. The van der Waals surface area contributed by atoms with E-state index in [0.29, 0.717) is 10.8 Å². The zero-order chi connectivity index (χ0) is 16.4. The monoisotopic (exact) mass is 319 g/mol. The molecule has 0 saturated heterocycles. The second kappa shape index (κ2) is 5.75. The van der Waals surface area contributed by atoms with Crippen LogP contribution >= 0.6 is 0 Å². The fourth-order valence-corrected chi connectivity index (χ4v) is 2.30. The number of nitrogens with zero attached hydrogens (tertiary/aromatic N) is 1. The van der Waals surface area contributed by atoms with Gasteiger partial charge in [0.15, 0.2) is 0 Å². The fraction of sp³-hybridized carbons (Fsp3) is 0.125. The molecule has 2 N–H and O–H groups in total. The Morgan fingerprint density at radius 2 is 1.87 bits per heavy atom. The summed E-state index contributed by atoms with van der Waals surface area (Å²) in [6.45, 7) is -1.19. The van der Waals surface area contributed by atoms with E-state index in [0.717, 1.165) is 11.1 Å².